The minimum Gasteiger partial charge on any atom is -0.308 e. The predicted molar refractivity (Wildman–Crippen MR) is 248 cm³/mol. The van der Waals surface area contributed by atoms with E-state index in [9.17, 15) is 0 Å². The number of hydrogen-bond donors (Lipinski definition) is 0. The smallest absolute Gasteiger partial charge is 0.194 e. The number of hydrogen-bond acceptors (Lipinski definition) is 2. The first-order valence-electron chi connectivity index (χ1n) is 23.3. The van der Waals surface area contributed by atoms with E-state index in [2.05, 4.69) is 136 Å². The summed E-state index contributed by atoms with van der Waals surface area (Å²) in [6.45, 7) is 8.32. The minimum absolute atomic E-state index is 0.00154. The van der Waals surface area contributed by atoms with E-state index in [1.807, 2.05) is 12.1 Å². The van der Waals surface area contributed by atoms with Crippen molar-refractivity contribution in [1.82, 2.24) is 0 Å². The molecule has 3 nitrogen and oxygen atoms in total. The van der Waals surface area contributed by atoms with Gasteiger partial charge in [-0.3, -0.25) is 0 Å². The lowest BCUT2D eigenvalue weighted by atomic mass is 9.41. The van der Waals surface area contributed by atoms with Gasteiger partial charge in [-0.25, -0.2) is 4.85 Å². The molecule has 6 aromatic rings. The third kappa shape index (κ3) is 4.50. The maximum atomic E-state index is 8.32. The fourth-order valence-electron chi connectivity index (χ4n) is 16.6. The number of nitrogens with zero attached hydrogens (tertiary/aromatic N) is 3. The maximum absolute atomic E-state index is 8.32. The molecule has 8 saturated carbocycles. The van der Waals surface area contributed by atoms with Gasteiger partial charge in [0, 0.05) is 10.8 Å². The second kappa shape index (κ2) is 12.6. The molecule has 2 aliphatic heterocycles. The van der Waals surface area contributed by atoms with E-state index < -0.39 is 0 Å². The van der Waals surface area contributed by atoms with Gasteiger partial charge >= 0.3 is 0 Å². The van der Waals surface area contributed by atoms with E-state index >= 15 is 0 Å². The Balaban J connectivity index is 1.03. The molecule has 300 valence electrons. The molecule has 4 heteroatoms. The minimum atomic E-state index is -0.00154. The van der Waals surface area contributed by atoms with Gasteiger partial charge in [-0.05, 0) is 181 Å². The monoisotopic (exact) mass is 811 g/mol. The van der Waals surface area contributed by atoms with Gasteiger partial charge in [0.05, 0.1) is 45.7 Å². The highest BCUT2D eigenvalue weighted by Crippen LogP contribution is 2.72. The summed E-state index contributed by atoms with van der Waals surface area (Å²) in [5, 5.41) is 0.736. The molecule has 2 spiro atoms. The van der Waals surface area contributed by atoms with Crippen molar-refractivity contribution < 1.29 is 0 Å². The van der Waals surface area contributed by atoms with Crippen molar-refractivity contribution in [3.63, 3.8) is 0 Å². The standard InChI is InChI=1S/C57H50ClN3/c1-59-48-17-7-2-12-43(48)38-32-53(60-49-18-8-3-13-44(49)56(45-14-4-9-19-50(45)60)39-24-34-22-35(26-39)27-40(56)25-34)55(58)54(33-38)61-51-20-10-5-15-46(51)57(47-16-6-11-21-52(47)61)41-28-36-23-37(30-41)31-42(57)29-36/h2-21,32-37,39-42H,22-31H2. The second-order valence-electron chi connectivity index (χ2n) is 20.5. The lowest BCUT2D eigenvalue weighted by Crippen LogP contribution is -2.57. The molecule has 8 fully saturated rings. The molecule has 0 amide bonds. The Hall–Kier alpha value is -5.30. The molecule has 0 saturated heterocycles. The average molecular weight is 813 g/mol. The van der Waals surface area contributed by atoms with Gasteiger partial charge in [0.25, 0.3) is 0 Å². The van der Waals surface area contributed by atoms with Crippen molar-refractivity contribution in [2.75, 3.05) is 9.80 Å². The Bertz CT molecular complexity index is 2550. The molecule has 0 N–H and O–H groups in total. The Morgan fingerprint density at radius 2 is 0.754 bits per heavy atom. The number of benzene rings is 6. The first-order chi connectivity index (χ1) is 30.0. The summed E-state index contributed by atoms with van der Waals surface area (Å²) in [5.74, 6) is 6.07. The summed E-state index contributed by atoms with van der Waals surface area (Å²) in [5.41, 5.74) is 15.5. The van der Waals surface area contributed by atoms with Crippen LogP contribution in [0.2, 0.25) is 5.02 Å². The average Bonchev–Trinajstić information content (AvgIpc) is 3.29. The molecule has 0 radical (unpaired) electrons. The van der Waals surface area contributed by atoms with Crippen molar-refractivity contribution in [2.24, 2.45) is 47.3 Å². The molecule has 6 aromatic carbocycles. The highest BCUT2D eigenvalue weighted by Gasteiger charge is 2.63. The van der Waals surface area contributed by atoms with Gasteiger partial charge < -0.3 is 9.80 Å². The zero-order valence-electron chi connectivity index (χ0n) is 34.6. The zero-order valence-corrected chi connectivity index (χ0v) is 35.4. The fourth-order valence-corrected chi connectivity index (χ4v) is 16.9. The SMILES string of the molecule is [C-]#[N+]c1ccccc1-c1cc(N2c3ccccc3C3(c4ccccc42)C2CC4CC(C2)CC3C4)c(Cl)c(N2c3ccccc3C3(c4ccccc42)C2CC4CC(C2)CC3C4)c1. The van der Waals surface area contributed by atoms with Crippen LogP contribution in [0.15, 0.2) is 133 Å². The van der Waals surface area contributed by atoms with Crippen LogP contribution in [0.25, 0.3) is 16.0 Å². The summed E-state index contributed by atoms with van der Waals surface area (Å²) in [7, 11) is 0. The summed E-state index contributed by atoms with van der Waals surface area (Å²) in [6.07, 6.45) is 13.5. The van der Waals surface area contributed by atoms with Gasteiger partial charge in [0.1, 0.15) is 0 Å². The zero-order chi connectivity index (χ0) is 40.2. The Morgan fingerprint density at radius 3 is 1.11 bits per heavy atom. The van der Waals surface area contributed by atoms with Crippen LogP contribution in [0, 0.1) is 53.9 Å². The lowest BCUT2D eigenvalue weighted by Gasteiger charge is -2.64. The molecule has 61 heavy (non-hydrogen) atoms. The van der Waals surface area contributed by atoms with Crippen LogP contribution in [-0.2, 0) is 10.8 Å². The van der Waals surface area contributed by atoms with Crippen LogP contribution >= 0.6 is 11.6 Å². The number of anilines is 6. The second-order valence-corrected chi connectivity index (χ2v) is 20.9. The number of fused-ring (bicyclic) bond motifs is 4. The normalized spacial score (nSPS) is 29.6. The molecule has 8 bridgehead atoms. The van der Waals surface area contributed by atoms with E-state index in [0.29, 0.717) is 29.4 Å². The quantitative estimate of drug-likeness (QED) is 0.165. The molecule has 0 atom stereocenters. The third-order valence-corrected chi connectivity index (χ3v) is 18.5. The predicted octanol–water partition coefficient (Wildman–Crippen LogP) is 15.6. The van der Waals surface area contributed by atoms with Crippen LogP contribution in [0.4, 0.5) is 39.8 Å². The molecule has 2 heterocycles. The lowest BCUT2D eigenvalue weighted by molar-refractivity contribution is -0.0419. The van der Waals surface area contributed by atoms with Crippen LogP contribution in [-0.4, -0.2) is 0 Å². The van der Waals surface area contributed by atoms with Crippen molar-refractivity contribution in [3.05, 3.63) is 172 Å². The largest absolute Gasteiger partial charge is 0.308 e. The molecule has 0 unspecified atom stereocenters. The van der Waals surface area contributed by atoms with Crippen molar-refractivity contribution >= 4 is 51.4 Å². The molecular formula is C57H50ClN3. The van der Waals surface area contributed by atoms with Crippen LogP contribution in [0.5, 0.6) is 0 Å². The van der Waals surface area contributed by atoms with Gasteiger partial charge in [-0.1, -0.05) is 109 Å². The van der Waals surface area contributed by atoms with Gasteiger partial charge in [-0.15, -0.1) is 0 Å². The number of rotatable bonds is 3. The first-order valence-corrected chi connectivity index (χ1v) is 23.7. The van der Waals surface area contributed by atoms with E-state index in [1.54, 1.807) is 0 Å². The Kier molecular flexibility index (Phi) is 7.32. The highest BCUT2D eigenvalue weighted by atomic mass is 35.5. The highest BCUT2D eigenvalue weighted by molar-refractivity contribution is 6.37. The molecular weight excluding hydrogens is 762 g/mol. The number of halogens is 1. The van der Waals surface area contributed by atoms with Crippen LogP contribution in [0.3, 0.4) is 0 Å². The summed E-state index contributed by atoms with van der Waals surface area (Å²) < 4.78 is 0. The number of para-hydroxylation sites is 5. The summed E-state index contributed by atoms with van der Waals surface area (Å²) in [6, 6.07) is 50.1. The summed E-state index contributed by atoms with van der Waals surface area (Å²) >= 11 is 8.23. The topological polar surface area (TPSA) is 10.8 Å². The summed E-state index contributed by atoms with van der Waals surface area (Å²) in [4.78, 5) is 9.11. The maximum Gasteiger partial charge on any atom is 0.194 e. The van der Waals surface area contributed by atoms with Crippen molar-refractivity contribution in [3.8, 4) is 11.1 Å². The third-order valence-electron chi connectivity index (χ3n) is 18.1. The van der Waals surface area contributed by atoms with Crippen LogP contribution < -0.4 is 9.80 Å². The van der Waals surface area contributed by atoms with E-state index in [4.69, 9.17) is 18.2 Å². The molecule has 8 aliphatic carbocycles. The van der Waals surface area contributed by atoms with Crippen molar-refractivity contribution in [1.29, 1.82) is 0 Å². The van der Waals surface area contributed by atoms with E-state index in [1.165, 1.54) is 109 Å². The van der Waals surface area contributed by atoms with E-state index in [0.717, 1.165) is 51.2 Å². The van der Waals surface area contributed by atoms with Crippen LogP contribution in [0.1, 0.15) is 86.5 Å². The first kappa shape index (κ1) is 35.3. The van der Waals surface area contributed by atoms with Gasteiger partial charge in [-0.2, -0.15) is 0 Å². The molecule has 0 aromatic heterocycles. The fraction of sp³-hybridized carbons (Fsp3) is 0.351. The Labute approximate surface area is 365 Å². The van der Waals surface area contributed by atoms with Crippen molar-refractivity contribution in [2.45, 2.75) is 75.0 Å². The van der Waals surface area contributed by atoms with Gasteiger partial charge in [0.15, 0.2) is 5.69 Å². The Morgan fingerprint density at radius 1 is 0.426 bits per heavy atom. The molecule has 16 rings (SSSR count). The molecule has 10 aliphatic rings. The van der Waals surface area contributed by atoms with Gasteiger partial charge in [0.2, 0.25) is 0 Å². The van der Waals surface area contributed by atoms with E-state index in [-0.39, 0.29) is 10.8 Å².